The van der Waals surface area contributed by atoms with Crippen molar-refractivity contribution in [2.24, 2.45) is 0 Å². The minimum atomic E-state index is -3.63. The molecule has 1 N–H and O–H groups in total. The molecular formula is C17H16F2N2O5S. The molecule has 0 bridgehead atoms. The van der Waals surface area contributed by atoms with Gasteiger partial charge < -0.3 is 10.1 Å². The first-order valence-electron chi connectivity index (χ1n) is 7.56. The lowest BCUT2D eigenvalue weighted by atomic mass is 10.2. The number of benzene rings is 2. The van der Waals surface area contributed by atoms with Crippen molar-refractivity contribution >= 4 is 27.6 Å². The van der Waals surface area contributed by atoms with Crippen molar-refractivity contribution in [3.05, 3.63) is 59.7 Å². The number of rotatable bonds is 6. The number of carbonyl (C=O) groups is 2. The van der Waals surface area contributed by atoms with Crippen LogP contribution in [0.1, 0.15) is 10.4 Å². The maximum Gasteiger partial charge on any atom is 0.338 e. The molecule has 0 aromatic heterocycles. The summed E-state index contributed by atoms with van der Waals surface area (Å²) in [4.78, 5) is 23.6. The van der Waals surface area contributed by atoms with Crippen LogP contribution < -0.4 is 5.32 Å². The van der Waals surface area contributed by atoms with Gasteiger partial charge in [0.25, 0.3) is 5.91 Å². The second-order valence-electron chi connectivity index (χ2n) is 5.57. The minimum absolute atomic E-state index is 0.000120. The average Bonchev–Trinajstić information content (AvgIpc) is 2.62. The zero-order valence-corrected chi connectivity index (χ0v) is 15.2. The Hall–Kier alpha value is -2.85. The van der Waals surface area contributed by atoms with Crippen LogP contribution in [0, 0.1) is 11.6 Å². The van der Waals surface area contributed by atoms with Gasteiger partial charge in [0, 0.05) is 25.8 Å². The third-order valence-electron chi connectivity index (χ3n) is 3.41. The normalized spacial score (nSPS) is 11.3. The number of anilines is 1. The number of halogens is 2. The Morgan fingerprint density at radius 3 is 2.22 bits per heavy atom. The van der Waals surface area contributed by atoms with E-state index in [0.29, 0.717) is 0 Å². The molecule has 0 radical (unpaired) electrons. The monoisotopic (exact) mass is 398 g/mol. The Bertz CT molecular complexity index is 960. The summed E-state index contributed by atoms with van der Waals surface area (Å²) in [6.45, 7) is -0.657. The van der Waals surface area contributed by atoms with Gasteiger partial charge in [0.1, 0.15) is 0 Å². The molecule has 1 amide bonds. The first-order chi connectivity index (χ1) is 12.6. The molecule has 10 heteroatoms. The molecule has 0 fully saturated rings. The lowest BCUT2D eigenvalue weighted by molar-refractivity contribution is -0.119. The van der Waals surface area contributed by atoms with Crippen LogP contribution in [0.3, 0.4) is 0 Å². The van der Waals surface area contributed by atoms with Crippen molar-refractivity contribution in [3.63, 3.8) is 0 Å². The summed E-state index contributed by atoms with van der Waals surface area (Å²) in [6, 6.07) is 7.79. The Balaban J connectivity index is 1.95. The first kappa shape index (κ1) is 20.5. The maximum absolute atomic E-state index is 13.1. The van der Waals surface area contributed by atoms with Crippen molar-refractivity contribution in [1.82, 2.24) is 4.31 Å². The summed E-state index contributed by atoms with van der Waals surface area (Å²) in [6.07, 6.45) is 0. The summed E-state index contributed by atoms with van der Waals surface area (Å²) in [5.74, 6) is -3.78. The van der Waals surface area contributed by atoms with E-state index in [4.69, 9.17) is 4.74 Å². The average molecular weight is 398 g/mol. The third-order valence-corrected chi connectivity index (χ3v) is 5.24. The van der Waals surface area contributed by atoms with Gasteiger partial charge in [-0.2, -0.15) is 0 Å². The quantitative estimate of drug-likeness (QED) is 0.752. The molecule has 2 rings (SSSR count). The minimum Gasteiger partial charge on any atom is -0.452 e. The highest BCUT2D eigenvalue weighted by Crippen LogP contribution is 2.15. The van der Waals surface area contributed by atoms with Gasteiger partial charge in [-0.15, -0.1) is 0 Å². The number of hydrogen-bond acceptors (Lipinski definition) is 5. The topological polar surface area (TPSA) is 92.8 Å². The molecule has 2 aromatic carbocycles. The van der Waals surface area contributed by atoms with Crippen molar-refractivity contribution in [2.75, 3.05) is 26.0 Å². The lowest BCUT2D eigenvalue weighted by Crippen LogP contribution is -2.22. The lowest BCUT2D eigenvalue weighted by Gasteiger charge is -2.11. The predicted octanol–water partition coefficient (Wildman–Crippen LogP) is 2.01. The molecule has 0 saturated heterocycles. The maximum atomic E-state index is 13.1. The Labute approximate surface area is 154 Å². The van der Waals surface area contributed by atoms with Crippen LogP contribution in [0.25, 0.3) is 0 Å². The molecule has 2 aromatic rings. The summed E-state index contributed by atoms with van der Waals surface area (Å²) in [5, 5.41) is 2.25. The van der Waals surface area contributed by atoms with Gasteiger partial charge in [0.15, 0.2) is 18.2 Å². The number of carbonyl (C=O) groups excluding carboxylic acids is 2. The van der Waals surface area contributed by atoms with E-state index in [2.05, 4.69) is 5.32 Å². The van der Waals surface area contributed by atoms with Crippen molar-refractivity contribution in [2.45, 2.75) is 4.90 Å². The fourth-order valence-corrected chi connectivity index (χ4v) is 2.86. The number of amides is 1. The van der Waals surface area contributed by atoms with Gasteiger partial charge in [-0.05, 0) is 36.4 Å². The van der Waals surface area contributed by atoms with Crippen LogP contribution in [0.2, 0.25) is 0 Å². The van der Waals surface area contributed by atoms with E-state index in [-0.39, 0.29) is 16.1 Å². The standard InChI is InChI=1S/C17H16F2N2O5S/c1-21(2)27(24,25)13-6-3-11(4-7-13)17(23)26-10-16(22)20-12-5-8-14(18)15(19)9-12/h3-9H,10H2,1-2H3,(H,20,22). The number of nitrogens with one attached hydrogen (secondary N) is 1. The molecule has 0 aliphatic heterocycles. The smallest absolute Gasteiger partial charge is 0.338 e. The molecule has 0 heterocycles. The van der Waals surface area contributed by atoms with Crippen molar-refractivity contribution < 1.29 is 31.5 Å². The predicted molar refractivity (Wildman–Crippen MR) is 92.6 cm³/mol. The molecule has 7 nitrogen and oxygen atoms in total. The summed E-state index contributed by atoms with van der Waals surface area (Å²) in [7, 11) is -0.870. The molecule has 0 aliphatic rings. The van der Waals surface area contributed by atoms with Crippen molar-refractivity contribution in [3.8, 4) is 0 Å². The molecule has 0 saturated carbocycles. The van der Waals surface area contributed by atoms with Gasteiger partial charge >= 0.3 is 5.97 Å². The highest BCUT2D eigenvalue weighted by Gasteiger charge is 2.18. The SMILES string of the molecule is CN(C)S(=O)(=O)c1ccc(C(=O)OCC(=O)Nc2ccc(F)c(F)c2)cc1. The molecule has 0 atom stereocenters. The Kier molecular flexibility index (Phi) is 6.24. The fraction of sp³-hybridized carbons (Fsp3) is 0.176. The van der Waals surface area contributed by atoms with Crippen LogP contribution in [-0.2, 0) is 19.6 Å². The van der Waals surface area contributed by atoms with Gasteiger partial charge in [-0.3, -0.25) is 4.79 Å². The number of hydrogen-bond donors (Lipinski definition) is 1. The second kappa shape index (κ2) is 8.23. The number of sulfonamides is 1. The van der Waals surface area contributed by atoms with Gasteiger partial charge in [-0.25, -0.2) is 26.3 Å². The van der Waals surface area contributed by atoms with Crippen LogP contribution in [0.4, 0.5) is 14.5 Å². The summed E-state index contributed by atoms with van der Waals surface area (Å²) >= 11 is 0. The van der Waals surface area contributed by atoms with E-state index in [1.54, 1.807) is 0 Å². The van der Waals surface area contributed by atoms with E-state index in [1.165, 1.54) is 38.4 Å². The van der Waals surface area contributed by atoms with Gasteiger partial charge in [0.05, 0.1) is 10.5 Å². The van der Waals surface area contributed by atoms with E-state index < -0.39 is 40.1 Å². The summed E-state index contributed by atoms with van der Waals surface area (Å²) in [5.41, 5.74) is 0.0570. The Morgan fingerprint density at radius 2 is 1.67 bits per heavy atom. The van der Waals surface area contributed by atoms with Gasteiger partial charge in [-0.1, -0.05) is 0 Å². The highest BCUT2D eigenvalue weighted by molar-refractivity contribution is 7.89. The van der Waals surface area contributed by atoms with Crippen LogP contribution in [-0.4, -0.2) is 45.3 Å². The Morgan fingerprint density at radius 1 is 1.04 bits per heavy atom. The molecule has 0 spiro atoms. The zero-order chi connectivity index (χ0) is 20.2. The highest BCUT2D eigenvalue weighted by atomic mass is 32.2. The second-order valence-corrected chi connectivity index (χ2v) is 7.72. The van der Waals surface area contributed by atoms with E-state index in [9.17, 15) is 26.8 Å². The van der Waals surface area contributed by atoms with Crippen LogP contribution in [0.5, 0.6) is 0 Å². The molecular weight excluding hydrogens is 382 g/mol. The van der Waals surface area contributed by atoms with Crippen molar-refractivity contribution in [1.29, 1.82) is 0 Å². The van der Waals surface area contributed by atoms with E-state index in [1.807, 2.05) is 0 Å². The fourth-order valence-electron chi connectivity index (χ4n) is 1.96. The molecule has 144 valence electrons. The van der Waals surface area contributed by atoms with Crippen LogP contribution in [0.15, 0.2) is 47.4 Å². The first-order valence-corrected chi connectivity index (χ1v) is 9.00. The van der Waals surface area contributed by atoms with E-state index in [0.717, 1.165) is 22.5 Å². The summed E-state index contributed by atoms with van der Waals surface area (Å²) < 4.78 is 55.6. The number of ether oxygens (including phenoxy) is 1. The molecule has 0 aliphatic carbocycles. The largest absolute Gasteiger partial charge is 0.452 e. The van der Waals surface area contributed by atoms with E-state index >= 15 is 0 Å². The zero-order valence-electron chi connectivity index (χ0n) is 14.4. The number of nitrogens with zero attached hydrogens (tertiary/aromatic N) is 1. The number of esters is 1. The third kappa shape index (κ3) is 5.08. The molecule has 27 heavy (non-hydrogen) atoms. The van der Waals surface area contributed by atoms with Gasteiger partial charge in [0.2, 0.25) is 10.0 Å². The molecule has 0 unspecified atom stereocenters. The van der Waals surface area contributed by atoms with Crippen LogP contribution >= 0.6 is 0 Å².